The molecule has 0 spiro atoms. The SMILES string of the molecule is COc1ccc(NC(=O)c2cnn(-c3ccc(F)cc3)c2C)cc1. The van der Waals surface area contributed by atoms with Crippen molar-refractivity contribution in [2.75, 3.05) is 12.4 Å². The molecule has 0 fully saturated rings. The van der Waals surface area contributed by atoms with Crippen molar-refractivity contribution in [3.05, 3.63) is 71.8 Å². The number of methoxy groups -OCH3 is 1. The Morgan fingerprint density at radius 1 is 1.12 bits per heavy atom. The molecule has 1 N–H and O–H groups in total. The first kappa shape index (κ1) is 15.7. The maximum atomic E-state index is 13.0. The summed E-state index contributed by atoms with van der Waals surface area (Å²) in [6.45, 7) is 1.79. The van der Waals surface area contributed by atoms with Gasteiger partial charge < -0.3 is 10.1 Å². The van der Waals surface area contributed by atoms with Gasteiger partial charge in [-0.3, -0.25) is 4.79 Å². The molecule has 122 valence electrons. The minimum Gasteiger partial charge on any atom is -0.497 e. The molecule has 6 heteroatoms. The lowest BCUT2D eigenvalue weighted by molar-refractivity contribution is 0.102. The van der Waals surface area contributed by atoms with Crippen LogP contribution in [-0.4, -0.2) is 22.8 Å². The molecule has 1 aromatic heterocycles. The largest absolute Gasteiger partial charge is 0.497 e. The van der Waals surface area contributed by atoms with Crippen LogP contribution in [0.1, 0.15) is 16.1 Å². The summed E-state index contributed by atoms with van der Waals surface area (Å²) in [5.41, 5.74) is 2.48. The Balaban J connectivity index is 1.81. The van der Waals surface area contributed by atoms with Gasteiger partial charge in [-0.1, -0.05) is 0 Å². The first-order valence-electron chi connectivity index (χ1n) is 7.34. The first-order valence-corrected chi connectivity index (χ1v) is 7.34. The molecule has 0 saturated heterocycles. The highest BCUT2D eigenvalue weighted by atomic mass is 19.1. The van der Waals surface area contributed by atoms with Gasteiger partial charge in [-0.2, -0.15) is 5.10 Å². The number of amides is 1. The number of carbonyl (C=O) groups is 1. The Hall–Kier alpha value is -3.15. The van der Waals surface area contributed by atoms with Crippen molar-refractivity contribution in [3.63, 3.8) is 0 Å². The summed E-state index contributed by atoms with van der Waals surface area (Å²) in [5, 5.41) is 7.04. The van der Waals surface area contributed by atoms with Crippen molar-refractivity contribution in [1.29, 1.82) is 0 Å². The van der Waals surface area contributed by atoms with Gasteiger partial charge in [0.15, 0.2) is 0 Å². The second-order valence-corrected chi connectivity index (χ2v) is 5.21. The summed E-state index contributed by atoms with van der Waals surface area (Å²) in [6.07, 6.45) is 1.50. The number of ether oxygens (including phenoxy) is 1. The van der Waals surface area contributed by atoms with Crippen molar-refractivity contribution >= 4 is 11.6 Å². The smallest absolute Gasteiger partial charge is 0.259 e. The lowest BCUT2D eigenvalue weighted by Crippen LogP contribution is -2.13. The van der Waals surface area contributed by atoms with Gasteiger partial charge in [-0.25, -0.2) is 9.07 Å². The average Bonchev–Trinajstić information content (AvgIpc) is 2.98. The molecule has 0 saturated carbocycles. The molecule has 0 unspecified atom stereocenters. The number of carbonyl (C=O) groups excluding carboxylic acids is 1. The van der Waals surface area contributed by atoms with E-state index < -0.39 is 0 Å². The van der Waals surface area contributed by atoms with E-state index in [0.717, 1.165) is 0 Å². The molecule has 0 bridgehead atoms. The highest BCUT2D eigenvalue weighted by Crippen LogP contribution is 2.18. The lowest BCUT2D eigenvalue weighted by Gasteiger charge is -2.07. The molecule has 24 heavy (non-hydrogen) atoms. The van der Waals surface area contributed by atoms with Crippen LogP contribution >= 0.6 is 0 Å². The van der Waals surface area contributed by atoms with Crippen LogP contribution in [-0.2, 0) is 0 Å². The normalized spacial score (nSPS) is 10.5. The topological polar surface area (TPSA) is 56.1 Å². The van der Waals surface area contributed by atoms with Crippen LogP contribution in [0.2, 0.25) is 0 Å². The van der Waals surface area contributed by atoms with Crippen LogP contribution in [0.15, 0.2) is 54.7 Å². The zero-order valence-corrected chi connectivity index (χ0v) is 13.3. The van der Waals surface area contributed by atoms with Gasteiger partial charge in [0, 0.05) is 5.69 Å². The predicted molar refractivity (Wildman–Crippen MR) is 89.2 cm³/mol. The fourth-order valence-corrected chi connectivity index (χ4v) is 2.35. The monoisotopic (exact) mass is 325 g/mol. The van der Waals surface area contributed by atoms with Gasteiger partial charge in [0.2, 0.25) is 0 Å². The number of nitrogens with zero attached hydrogens (tertiary/aromatic N) is 2. The van der Waals surface area contributed by atoms with E-state index in [4.69, 9.17) is 4.74 Å². The molecule has 0 atom stereocenters. The van der Waals surface area contributed by atoms with Gasteiger partial charge >= 0.3 is 0 Å². The van der Waals surface area contributed by atoms with E-state index in [0.29, 0.717) is 28.4 Å². The Bertz CT molecular complexity index is 855. The quantitative estimate of drug-likeness (QED) is 0.797. The zero-order chi connectivity index (χ0) is 17.1. The van der Waals surface area contributed by atoms with Crippen LogP contribution in [0.5, 0.6) is 5.75 Å². The number of nitrogens with one attached hydrogen (secondary N) is 1. The molecule has 5 nitrogen and oxygen atoms in total. The van der Waals surface area contributed by atoms with Gasteiger partial charge in [-0.15, -0.1) is 0 Å². The Labute approximate surface area is 138 Å². The van der Waals surface area contributed by atoms with Crippen LogP contribution in [0.3, 0.4) is 0 Å². The van der Waals surface area contributed by atoms with Gasteiger partial charge in [0.05, 0.1) is 30.3 Å². The Morgan fingerprint density at radius 3 is 2.42 bits per heavy atom. The van der Waals surface area contributed by atoms with Crippen molar-refractivity contribution in [3.8, 4) is 11.4 Å². The van der Waals surface area contributed by atoms with Gasteiger partial charge in [0.1, 0.15) is 11.6 Å². The molecular formula is C18H16FN3O2. The zero-order valence-electron chi connectivity index (χ0n) is 13.3. The number of benzene rings is 2. The number of aromatic nitrogens is 2. The maximum absolute atomic E-state index is 13.0. The van der Waals surface area contributed by atoms with Crippen molar-refractivity contribution < 1.29 is 13.9 Å². The minimum absolute atomic E-state index is 0.258. The fraction of sp³-hybridized carbons (Fsp3) is 0.111. The third-order valence-corrected chi connectivity index (χ3v) is 3.67. The number of hydrogen-bond acceptors (Lipinski definition) is 3. The highest BCUT2D eigenvalue weighted by molar-refractivity contribution is 6.05. The van der Waals surface area contributed by atoms with E-state index in [-0.39, 0.29) is 11.7 Å². The van der Waals surface area contributed by atoms with Crippen LogP contribution in [0, 0.1) is 12.7 Å². The molecular weight excluding hydrogens is 309 g/mol. The van der Waals surface area contributed by atoms with Gasteiger partial charge in [0.25, 0.3) is 5.91 Å². The molecule has 0 aliphatic heterocycles. The number of anilines is 1. The average molecular weight is 325 g/mol. The number of halogens is 1. The number of rotatable bonds is 4. The van der Waals surface area contributed by atoms with Crippen LogP contribution < -0.4 is 10.1 Å². The molecule has 2 aromatic carbocycles. The molecule has 1 heterocycles. The van der Waals surface area contributed by atoms with E-state index >= 15 is 0 Å². The van der Waals surface area contributed by atoms with Gasteiger partial charge in [-0.05, 0) is 55.5 Å². The summed E-state index contributed by atoms with van der Waals surface area (Å²) >= 11 is 0. The van der Waals surface area contributed by atoms with E-state index in [2.05, 4.69) is 10.4 Å². The first-order chi connectivity index (χ1) is 11.6. The van der Waals surface area contributed by atoms with Crippen LogP contribution in [0.25, 0.3) is 5.69 Å². The minimum atomic E-state index is -0.318. The summed E-state index contributed by atoms with van der Waals surface area (Å²) in [6, 6.07) is 13.0. The van der Waals surface area contributed by atoms with Crippen molar-refractivity contribution in [1.82, 2.24) is 9.78 Å². The summed E-state index contributed by atoms with van der Waals surface area (Å²) < 4.78 is 19.7. The standard InChI is InChI=1S/C18H16FN3O2/c1-12-17(11-20-22(12)15-7-3-13(19)4-8-15)18(23)21-14-5-9-16(24-2)10-6-14/h3-11H,1-2H3,(H,21,23). The highest BCUT2D eigenvalue weighted by Gasteiger charge is 2.15. The van der Waals surface area contributed by atoms with E-state index in [9.17, 15) is 9.18 Å². The predicted octanol–water partition coefficient (Wildman–Crippen LogP) is 3.58. The summed E-state index contributed by atoms with van der Waals surface area (Å²) in [5.74, 6) is 0.139. The van der Waals surface area contributed by atoms with Crippen molar-refractivity contribution in [2.24, 2.45) is 0 Å². The molecule has 0 aliphatic carbocycles. The van der Waals surface area contributed by atoms with Crippen molar-refractivity contribution in [2.45, 2.75) is 6.92 Å². The molecule has 1 amide bonds. The van der Waals surface area contributed by atoms with Crippen LogP contribution in [0.4, 0.5) is 10.1 Å². The fourth-order valence-electron chi connectivity index (χ4n) is 2.35. The lowest BCUT2D eigenvalue weighted by atomic mass is 10.2. The second-order valence-electron chi connectivity index (χ2n) is 5.21. The van der Waals surface area contributed by atoms with E-state index in [1.54, 1.807) is 55.1 Å². The molecule has 3 rings (SSSR count). The number of hydrogen-bond donors (Lipinski definition) is 1. The molecule has 3 aromatic rings. The third-order valence-electron chi connectivity index (χ3n) is 3.67. The molecule has 0 aliphatic rings. The summed E-state index contributed by atoms with van der Waals surface area (Å²) in [7, 11) is 1.58. The maximum Gasteiger partial charge on any atom is 0.259 e. The van der Waals surface area contributed by atoms with E-state index in [1.165, 1.54) is 18.3 Å². The Kier molecular flexibility index (Phi) is 4.29. The Morgan fingerprint density at radius 2 is 1.79 bits per heavy atom. The molecule has 0 radical (unpaired) electrons. The van der Waals surface area contributed by atoms with E-state index in [1.807, 2.05) is 0 Å². The second kappa shape index (κ2) is 6.54. The third kappa shape index (κ3) is 3.12. The summed E-state index contributed by atoms with van der Waals surface area (Å²) in [4.78, 5) is 12.4.